The van der Waals surface area contributed by atoms with Crippen molar-refractivity contribution >= 4 is 10.9 Å². The highest BCUT2D eigenvalue weighted by atomic mass is 16.5. The summed E-state index contributed by atoms with van der Waals surface area (Å²) in [6, 6.07) is 2.52. The molecule has 80 valence electrons. The van der Waals surface area contributed by atoms with Crippen LogP contribution in [-0.2, 0) is 0 Å². The lowest BCUT2D eigenvalue weighted by atomic mass is 10.2. The Labute approximate surface area is 89.7 Å². The van der Waals surface area contributed by atoms with Gasteiger partial charge in [-0.3, -0.25) is 0 Å². The number of hydrogen-bond donors (Lipinski definition) is 0. The minimum atomic E-state index is 0.452. The van der Waals surface area contributed by atoms with E-state index >= 15 is 0 Å². The fraction of sp³-hybridized carbons (Fsp3) is 0.417. The van der Waals surface area contributed by atoms with E-state index in [4.69, 9.17) is 4.74 Å². The quantitative estimate of drug-likeness (QED) is 0.752. The summed E-state index contributed by atoms with van der Waals surface area (Å²) in [6.45, 7) is 6.42. The lowest BCUT2D eigenvalue weighted by molar-refractivity contribution is 0.403. The van der Waals surface area contributed by atoms with Gasteiger partial charge in [-0.25, -0.2) is 4.98 Å². The Morgan fingerprint density at radius 3 is 2.73 bits per heavy atom. The van der Waals surface area contributed by atoms with E-state index in [-0.39, 0.29) is 0 Å². The van der Waals surface area contributed by atoms with Crippen molar-refractivity contribution in [1.29, 1.82) is 0 Å². The van der Waals surface area contributed by atoms with Crippen LogP contribution in [0, 0.1) is 6.92 Å². The van der Waals surface area contributed by atoms with Gasteiger partial charge in [0.25, 0.3) is 0 Å². The second kappa shape index (κ2) is 3.57. The summed E-state index contributed by atoms with van der Waals surface area (Å²) in [6.07, 6.45) is 3.95. The Balaban J connectivity index is 2.79. The van der Waals surface area contributed by atoms with Crippen LogP contribution in [0.1, 0.15) is 25.5 Å². The molecule has 2 heterocycles. The zero-order valence-electron chi connectivity index (χ0n) is 9.61. The molecule has 15 heavy (non-hydrogen) atoms. The van der Waals surface area contributed by atoms with Gasteiger partial charge in [0.2, 0.25) is 5.88 Å². The van der Waals surface area contributed by atoms with Gasteiger partial charge in [-0.15, -0.1) is 0 Å². The Bertz CT molecular complexity index is 486. The van der Waals surface area contributed by atoms with Gasteiger partial charge in [0, 0.05) is 18.4 Å². The van der Waals surface area contributed by atoms with Gasteiger partial charge in [-0.2, -0.15) is 0 Å². The van der Waals surface area contributed by atoms with E-state index in [1.54, 1.807) is 7.11 Å². The molecule has 0 radical (unpaired) electrons. The maximum atomic E-state index is 5.25. The van der Waals surface area contributed by atoms with Gasteiger partial charge in [0.05, 0.1) is 18.0 Å². The molecule has 0 fully saturated rings. The highest BCUT2D eigenvalue weighted by molar-refractivity contribution is 5.87. The van der Waals surface area contributed by atoms with Crippen LogP contribution >= 0.6 is 0 Å². The fourth-order valence-electron chi connectivity index (χ4n) is 1.92. The third-order valence-electron chi connectivity index (χ3n) is 2.64. The van der Waals surface area contributed by atoms with Crippen molar-refractivity contribution in [2.45, 2.75) is 26.8 Å². The van der Waals surface area contributed by atoms with E-state index in [1.807, 2.05) is 6.20 Å². The average molecular weight is 204 g/mol. The van der Waals surface area contributed by atoms with E-state index < -0.39 is 0 Å². The summed E-state index contributed by atoms with van der Waals surface area (Å²) in [7, 11) is 1.66. The molecular formula is C12H16N2O. The Morgan fingerprint density at radius 1 is 1.40 bits per heavy atom. The fourth-order valence-corrected chi connectivity index (χ4v) is 1.92. The van der Waals surface area contributed by atoms with Gasteiger partial charge in [0.15, 0.2) is 0 Å². The monoisotopic (exact) mass is 204 g/mol. The predicted molar refractivity (Wildman–Crippen MR) is 61.4 cm³/mol. The number of nitrogens with zero attached hydrogens (tertiary/aromatic N) is 2. The molecule has 0 amide bonds. The molecule has 3 heteroatoms. The SMILES string of the molecule is COc1ncc(C)c2c1ccn2C(C)C. The summed E-state index contributed by atoms with van der Waals surface area (Å²) in [5.41, 5.74) is 2.40. The van der Waals surface area contributed by atoms with Gasteiger partial charge >= 0.3 is 0 Å². The predicted octanol–water partition coefficient (Wildman–Crippen LogP) is 2.93. The summed E-state index contributed by atoms with van der Waals surface area (Å²) < 4.78 is 7.50. The van der Waals surface area contributed by atoms with E-state index in [0.29, 0.717) is 11.9 Å². The molecule has 0 unspecified atom stereocenters. The molecule has 0 N–H and O–H groups in total. The van der Waals surface area contributed by atoms with Crippen molar-refractivity contribution in [3.63, 3.8) is 0 Å². The molecule has 0 aliphatic rings. The maximum absolute atomic E-state index is 5.25. The molecule has 3 nitrogen and oxygen atoms in total. The standard InChI is InChI=1S/C12H16N2O/c1-8(2)14-6-5-10-11(14)9(3)7-13-12(10)15-4/h5-8H,1-4H3. The molecule has 0 atom stereocenters. The minimum Gasteiger partial charge on any atom is -0.481 e. The third kappa shape index (κ3) is 1.48. The Kier molecular flexibility index (Phi) is 2.39. The molecule has 0 spiro atoms. The van der Waals surface area contributed by atoms with Crippen LogP contribution in [-0.4, -0.2) is 16.7 Å². The Hall–Kier alpha value is -1.51. The van der Waals surface area contributed by atoms with Crippen molar-refractivity contribution < 1.29 is 4.74 Å². The summed E-state index contributed by atoms with van der Waals surface area (Å²) in [5.74, 6) is 0.704. The number of fused-ring (bicyclic) bond motifs is 1. The molecule has 0 aliphatic carbocycles. The van der Waals surface area contributed by atoms with Gasteiger partial charge < -0.3 is 9.30 Å². The molecule has 0 saturated carbocycles. The molecular weight excluding hydrogens is 188 g/mol. The molecule has 0 bridgehead atoms. The number of ether oxygens (including phenoxy) is 1. The van der Waals surface area contributed by atoms with Crippen LogP contribution in [0.25, 0.3) is 10.9 Å². The highest BCUT2D eigenvalue weighted by Crippen LogP contribution is 2.28. The first-order valence-electron chi connectivity index (χ1n) is 5.15. The van der Waals surface area contributed by atoms with Crippen molar-refractivity contribution in [2.75, 3.05) is 7.11 Å². The Morgan fingerprint density at radius 2 is 2.13 bits per heavy atom. The van der Waals surface area contributed by atoms with Crippen LogP contribution in [0.5, 0.6) is 5.88 Å². The molecule has 2 rings (SSSR count). The topological polar surface area (TPSA) is 27.1 Å². The zero-order valence-corrected chi connectivity index (χ0v) is 9.61. The largest absolute Gasteiger partial charge is 0.481 e. The summed E-state index contributed by atoms with van der Waals surface area (Å²) >= 11 is 0. The maximum Gasteiger partial charge on any atom is 0.222 e. The number of pyridine rings is 1. The normalized spacial score (nSPS) is 11.3. The second-order valence-corrected chi connectivity index (χ2v) is 4.03. The van der Waals surface area contributed by atoms with Crippen LogP contribution in [0.4, 0.5) is 0 Å². The highest BCUT2D eigenvalue weighted by Gasteiger charge is 2.11. The first-order valence-corrected chi connectivity index (χ1v) is 5.15. The van der Waals surface area contributed by atoms with Crippen molar-refractivity contribution in [1.82, 2.24) is 9.55 Å². The molecule has 0 aliphatic heterocycles. The van der Waals surface area contributed by atoms with E-state index in [2.05, 4.69) is 42.6 Å². The number of hydrogen-bond acceptors (Lipinski definition) is 2. The first-order chi connectivity index (χ1) is 7.15. The molecule has 0 aromatic carbocycles. The second-order valence-electron chi connectivity index (χ2n) is 4.03. The number of methoxy groups -OCH3 is 1. The number of aryl methyl sites for hydroxylation is 1. The number of aromatic nitrogens is 2. The van der Waals surface area contributed by atoms with E-state index in [1.165, 1.54) is 11.1 Å². The average Bonchev–Trinajstić information content (AvgIpc) is 2.63. The lowest BCUT2D eigenvalue weighted by Gasteiger charge is -2.11. The van der Waals surface area contributed by atoms with Crippen molar-refractivity contribution in [3.05, 3.63) is 24.0 Å². The van der Waals surface area contributed by atoms with Crippen LogP contribution in [0.2, 0.25) is 0 Å². The molecule has 2 aromatic heterocycles. The van der Waals surface area contributed by atoms with E-state index in [0.717, 1.165) is 5.39 Å². The minimum absolute atomic E-state index is 0.452. The number of rotatable bonds is 2. The van der Waals surface area contributed by atoms with Gasteiger partial charge in [-0.05, 0) is 32.4 Å². The zero-order chi connectivity index (χ0) is 11.0. The third-order valence-corrected chi connectivity index (χ3v) is 2.64. The lowest BCUT2D eigenvalue weighted by Crippen LogP contribution is -2.00. The van der Waals surface area contributed by atoms with Crippen molar-refractivity contribution in [3.8, 4) is 5.88 Å². The van der Waals surface area contributed by atoms with Crippen LogP contribution in [0.15, 0.2) is 18.5 Å². The first kappa shape index (κ1) is 10.0. The van der Waals surface area contributed by atoms with Gasteiger partial charge in [-0.1, -0.05) is 0 Å². The van der Waals surface area contributed by atoms with Crippen molar-refractivity contribution in [2.24, 2.45) is 0 Å². The van der Waals surface area contributed by atoms with E-state index in [9.17, 15) is 0 Å². The molecule has 2 aromatic rings. The van der Waals surface area contributed by atoms with Crippen LogP contribution < -0.4 is 4.74 Å². The summed E-state index contributed by atoms with van der Waals surface area (Å²) in [4.78, 5) is 4.26. The van der Waals surface area contributed by atoms with Gasteiger partial charge in [0.1, 0.15) is 0 Å². The summed E-state index contributed by atoms with van der Waals surface area (Å²) in [5, 5.41) is 1.09. The molecule has 0 saturated heterocycles. The van der Waals surface area contributed by atoms with Crippen LogP contribution in [0.3, 0.4) is 0 Å². The smallest absolute Gasteiger partial charge is 0.222 e.